The molecule has 0 aromatic carbocycles. The SMILES string of the molecule is CNCC(C(C)C)N(C)C1CCC(C)(C)CC1. The first-order chi connectivity index (χ1) is 7.87. The summed E-state index contributed by atoms with van der Waals surface area (Å²) in [5.41, 5.74) is 0.577. The molecule has 1 aliphatic carbocycles. The average Bonchev–Trinajstić information content (AvgIpc) is 2.24. The van der Waals surface area contributed by atoms with Gasteiger partial charge in [-0.3, -0.25) is 4.90 Å². The fourth-order valence-electron chi connectivity index (χ4n) is 3.12. The molecule has 1 N–H and O–H groups in total. The minimum absolute atomic E-state index is 0.577. The lowest BCUT2D eigenvalue weighted by Gasteiger charge is -2.43. The van der Waals surface area contributed by atoms with E-state index in [-0.39, 0.29) is 0 Å². The van der Waals surface area contributed by atoms with Crippen molar-refractivity contribution in [2.24, 2.45) is 11.3 Å². The second-order valence-corrected chi connectivity index (χ2v) is 6.93. The Morgan fingerprint density at radius 1 is 1.24 bits per heavy atom. The molecule has 1 aliphatic rings. The standard InChI is InChI=1S/C15H32N2/c1-12(2)14(11-16-5)17(6)13-7-9-15(3,4)10-8-13/h12-14,16H,7-11H2,1-6H3. The maximum absolute atomic E-state index is 3.34. The molecule has 0 aromatic rings. The Labute approximate surface area is 108 Å². The van der Waals surface area contributed by atoms with E-state index in [2.05, 4.69) is 52.0 Å². The van der Waals surface area contributed by atoms with Crippen molar-refractivity contribution in [3.63, 3.8) is 0 Å². The Hall–Kier alpha value is -0.0800. The van der Waals surface area contributed by atoms with Crippen LogP contribution < -0.4 is 5.32 Å². The van der Waals surface area contributed by atoms with Gasteiger partial charge in [0.25, 0.3) is 0 Å². The van der Waals surface area contributed by atoms with Gasteiger partial charge >= 0.3 is 0 Å². The van der Waals surface area contributed by atoms with Crippen LogP contribution in [0.1, 0.15) is 53.4 Å². The number of likely N-dealkylation sites (N-methyl/N-ethyl adjacent to an activating group) is 2. The van der Waals surface area contributed by atoms with Crippen molar-refractivity contribution in [2.75, 3.05) is 20.6 Å². The highest BCUT2D eigenvalue weighted by molar-refractivity contribution is 4.86. The lowest BCUT2D eigenvalue weighted by Crippen LogP contribution is -2.49. The number of hydrogen-bond donors (Lipinski definition) is 1. The number of nitrogens with zero attached hydrogens (tertiary/aromatic N) is 1. The lowest BCUT2D eigenvalue weighted by molar-refractivity contribution is 0.0760. The summed E-state index contributed by atoms with van der Waals surface area (Å²) in [7, 11) is 4.39. The summed E-state index contributed by atoms with van der Waals surface area (Å²) in [5, 5.41) is 3.34. The monoisotopic (exact) mass is 240 g/mol. The smallest absolute Gasteiger partial charge is 0.0243 e. The molecule has 1 saturated carbocycles. The van der Waals surface area contributed by atoms with Gasteiger partial charge in [-0.25, -0.2) is 0 Å². The summed E-state index contributed by atoms with van der Waals surface area (Å²) in [5.74, 6) is 0.724. The zero-order valence-corrected chi connectivity index (χ0v) is 12.7. The van der Waals surface area contributed by atoms with E-state index in [9.17, 15) is 0 Å². The normalized spacial score (nSPS) is 23.3. The minimum Gasteiger partial charge on any atom is -0.318 e. The van der Waals surface area contributed by atoms with Gasteiger partial charge in [0.1, 0.15) is 0 Å². The van der Waals surface area contributed by atoms with Crippen LogP contribution in [0.25, 0.3) is 0 Å². The first kappa shape index (κ1) is 15.0. The summed E-state index contributed by atoms with van der Waals surface area (Å²) in [6.07, 6.45) is 5.51. The van der Waals surface area contributed by atoms with E-state index in [4.69, 9.17) is 0 Å². The Morgan fingerprint density at radius 3 is 2.18 bits per heavy atom. The Bertz CT molecular complexity index is 213. The fraction of sp³-hybridized carbons (Fsp3) is 1.00. The Balaban J connectivity index is 2.54. The van der Waals surface area contributed by atoms with Crippen molar-refractivity contribution in [1.29, 1.82) is 0 Å². The van der Waals surface area contributed by atoms with Gasteiger partial charge in [0.15, 0.2) is 0 Å². The molecule has 0 saturated heterocycles. The first-order valence-electron chi connectivity index (χ1n) is 7.24. The largest absolute Gasteiger partial charge is 0.318 e. The number of hydrogen-bond acceptors (Lipinski definition) is 2. The highest BCUT2D eigenvalue weighted by Gasteiger charge is 2.31. The Morgan fingerprint density at radius 2 is 1.76 bits per heavy atom. The molecule has 102 valence electrons. The average molecular weight is 240 g/mol. The molecule has 1 atom stereocenters. The van der Waals surface area contributed by atoms with Crippen LogP contribution in [0.4, 0.5) is 0 Å². The predicted molar refractivity (Wildman–Crippen MR) is 76.4 cm³/mol. The van der Waals surface area contributed by atoms with Gasteiger partial charge in [-0.05, 0) is 51.1 Å². The van der Waals surface area contributed by atoms with Gasteiger partial charge in [0, 0.05) is 18.6 Å². The van der Waals surface area contributed by atoms with Crippen LogP contribution in [0.3, 0.4) is 0 Å². The van der Waals surface area contributed by atoms with E-state index in [1.807, 2.05) is 0 Å². The maximum atomic E-state index is 3.34. The molecule has 0 bridgehead atoms. The van der Waals surface area contributed by atoms with Gasteiger partial charge in [0.2, 0.25) is 0 Å². The van der Waals surface area contributed by atoms with Gasteiger partial charge in [-0.1, -0.05) is 27.7 Å². The van der Waals surface area contributed by atoms with E-state index >= 15 is 0 Å². The van der Waals surface area contributed by atoms with E-state index in [0.29, 0.717) is 11.5 Å². The van der Waals surface area contributed by atoms with Crippen molar-refractivity contribution in [2.45, 2.75) is 65.5 Å². The second kappa shape index (κ2) is 6.19. The van der Waals surface area contributed by atoms with Gasteiger partial charge < -0.3 is 5.32 Å². The fourth-order valence-corrected chi connectivity index (χ4v) is 3.12. The summed E-state index contributed by atoms with van der Waals surface area (Å²) >= 11 is 0. The van der Waals surface area contributed by atoms with Gasteiger partial charge in [-0.2, -0.15) is 0 Å². The molecule has 0 spiro atoms. The van der Waals surface area contributed by atoms with E-state index in [1.54, 1.807) is 0 Å². The second-order valence-electron chi connectivity index (χ2n) is 6.93. The molecule has 0 radical (unpaired) electrons. The van der Waals surface area contributed by atoms with Crippen LogP contribution in [0.2, 0.25) is 0 Å². The molecule has 0 heterocycles. The quantitative estimate of drug-likeness (QED) is 0.794. The van der Waals surface area contributed by atoms with Crippen molar-refractivity contribution < 1.29 is 0 Å². The van der Waals surface area contributed by atoms with Crippen molar-refractivity contribution in [3.8, 4) is 0 Å². The van der Waals surface area contributed by atoms with E-state index < -0.39 is 0 Å². The molecule has 0 aliphatic heterocycles. The summed E-state index contributed by atoms with van der Waals surface area (Å²) in [6, 6.07) is 1.47. The molecule has 2 heteroatoms. The summed E-state index contributed by atoms with van der Waals surface area (Å²) in [6.45, 7) is 10.6. The van der Waals surface area contributed by atoms with Crippen molar-refractivity contribution in [3.05, 3.63) is 0 Å². The van der Waals surface area contributed by atoms with E-state index in [1.165, 1.54) is 25.7 Å². The van der Waals surface area contributed by atoms with Crippen LogP contribution in [0, 0.1) is 11.3 Å². The topological polar surface area (TPSA) is 15.3 Å². The van der Waals surface area contributed by atoms with Crippen molar-refractivity contribution in [1.82, 2.24) is 10.2 Å². The molecule has 2 nitrogen and oxygen atoms in total. The zero-order valence-electron chi connectivity index (χ0n) is 12.7. The third-order valence-electron chi connectivity index (χ3n) is 4.59. The minimum atomic E-state index is 0.577. The van der Waals surface area contributed by atoms with Crippen molar-refractivity contribution >= 4 is 0 Å². The molecule has 17 heavy (non-hydrogen) atoms. The number of rotatable bonds is 5. The van der Waals surface area contributed by atoms with Crippen LogP contribution in [-0.4, -0.2) is 37.6 Å². The van der Waals surface area contributed by atoms with Gasteiger partial charge in [0.05, 0.1) is 0 Å². The molecule has 1 rings (SSSR count). The maximum Gasteiger partial charge on any atom is 0.0243 e. The zero-order chi connectivity index (χ0) is 13.1. The molecule has 0 aromatic heterocycles. The van der Waals surface area contributed by atoms with E-state index in [0.717, 1.165) is 18.5 Å². The van der Waals surface area contributed by atoms with Crippen LogP contribution in [0.15, 0.2) is 0 Å². The first-order valence-corrected chi connectivity index (χ1v) is 7.24. The molecule has 0 amide bonds. The number of nitrogens with one attached hydrogen (secondary N) is 1. The van der Waals surface area contributed by atoms with Crippen LogP contribution in [-0.2, 0) is 0 Å². The highest BCUT2D eigenvalue weighted by Crippen LogP contribution is 2.37. The molecule has 1 fully saturated rings. The summed E-state index contributed by atoms with van der Waals surface area (Å²) in [4.78, 5) is 2.64. The van der Waals surface area contributed by atoms with Gasteiger partial charge in [-0.15, -0.1) is 0 Å². The lowest BCUT2D eigenvalue weighted by atomic mass is 9.75. The molecule has 1 unspecified atom stereocenters. The third-order valence-corrected chi connectivity index (χ3v) is 4.59. The predicted octanol–water partition coefficient (Wildman–Crippen LogP) is 3.13. The molecular weight excluding hydrogens is 208 g/mol. The van der Waals surface area contributed by atoms with Crippen LogP contribution in [0.5, 0.6) is 0 Å². The van der Waals surface area contributed by atoms with Crippen LogP contribution >= 0.6 is 0 Å². The third kappa shape index (κ3) is 4.26. The summed E-state index contributed by atoms with van der Waals surface area (Å²) < 4.78 is 0. The Kier molecular flexibility index (Phi) is 5.46. The highest BCUT2D eigenvalue weighted by atomic mass is 15.2. The molecular formula is C15H32N2.